The number of unbranched alkanes of at least 4 members (excludes halogenated alkanes) is 1. The maximum Gasteiger partial charge on any atom is 0.309 e. The van der Waals surface area contributed by atoms with E-state index < -0.39 is 5.09 Å². The predicted octanol–water partition coefficient (Wildman–Crippen LogP) is -0.368. The first-order chi connectivity index (χ1) is 5.27. The van der Waals surface area contributed by atoms with Crippen LogP contribution in [0.4, 0.5) is 0 Å². The van der Waals surface area contributed by atoms with E-state index in [0.29, 0.717) is 19.4 Å². The number of hydrogen-bond acceptors (Lipinski definition) is 4. The van der Waals surface area contributed by atoms with Crippen LogP contribution in [0.2, 0.25) is 0 Å². The second-order valence-corrected chi connectivity index (χ2v) is 1.79. The summed E-state index contributed by atoms with van der Waals surface area (Å²) in [5, 5.41) is 11.1. The summed E-state index contributed by atoms with van der Waals surface area (Å²) in [5.41, 5.74) is 0. The van der Waals surface area contributed by atoms with Crippen molar-refractivity contribution < 1.29 is 14.7 Å². The van der Waals surface area contributed by atoms with Gasteiger partial charge in [0.05, 0.1) is 6.61 Å². The molecule has 1 N–H and O–H groups in total. The highest BCUT2D eigenvalue weighted by Crippen LogP contribution is 1.87. The second-order valence-electron chi connectivity index (χ2n) is 1.79. The van der Waals surface area contributed by atoms with E-state index in [0.717, 1.165) is 0 Å². The van der Waals surface area contributed by atoms with Crippen LogP contribution in [0.3, 0.4) is 0 Å². The molecule has 0 aromatic heterocycles. The topological polar surface area (TPSA) is 81.5 Å². The Hall–Kier alpha value is -1.33. The molecule has 0 rings (SSSR count). The minimum atomic E-state index is -0.834. The Morgan fingerprint density at radius 3 is 2.82 bits per heavy atom. The molecule has 0 fully saturated rings. The Bertz CT molecular complexity index is 128. The minimum absolute atomic E-state index is 0.0769. The molecule has 0 aliphatic carbocycles. The van der Waals surface area contributed by atoms with Crippen molar-refractivity contribution in [3.05, 3.63) is 10.1 Å². The van der Waals surface area contributed by atoms with Gasteiger partial charge in [0.25, 0.3) is 5.09 Å². The Balaban J connectivity index is 2.90. The third kappa shape index (κ3) is 8.67. The maximum absolute atomic E-state index is 9.59. The largest absolute Gasteiger partial charge is 0.348 e. The standard InChI is InChI=1S/C5H9N2O4/c8-5-6-3-1-2-4-11-7(9)10/h1-4H2,(H,6,8). The molecule has 0 unspecified atom stereocenters. The summed E-state index contributed by atoms with van der Waals surface area (Å²) < 4.78 is 0. The van der Waals surface area contributed by atoms with Crippen molar-refractivity contribution in [3.8, 4) is 0 Å². The van der Waals surface area contributed by atoms with Gasteiger partial charge in [0.2, 0.25) is 0 Å². The fourth-order valence-corrected chi connectivity index (χ4v) is 0.506. The predicted molar refractivity (Wildman–Crippen MR) is 35.9 cm³/mol. The van der Waals surface area contributed by atoms with Gasteiger partial charge in [0.1, 0.15) is 0 Å². The van der Waals surface area contributed by atoms with Gasteiger partial charge in [-0.3, -0.25) is 4.79 Å². The molecule has 0 aliphatic rings. The van der Waals surface area contributed by atoms with Crippen LogP contribution in [0.1, 0.15) is 12.8 Å². The maximum atomic E-state index is 9.59. The normalized spacial score (nSPS) is 8.73. The number of nitrogens with one attached hydrogen (secondary N) is 1. The molecule has 0 atom stereocenters. The molecule has 0 saturated heterocycles. The van der Waals surface area contributed by atoms with Crippen molar-refractivity contribution in [1.29, 1.82) is 0 Å². The number of amides is 1. The molecular weight excluding hydrogens is 152 g/mol. The molecule has 0 aromatic rings. The summed E-state index contributed by atoms with van der Waals surface area (Å²) in [6.45, 7) is 0.554. The van der Waals surface area contributed by atoms with Gasteiger partial charge in [-0.25, -0.2) is 0 Å². The Morgan fingerprint density at radius 2 is 2.27 bits per heavy atom. The van der Waals surface area contributed by atoms with Gasteiger partial charge in [-0.2, -0.15) is 0 Å². The van der Waals surface area contributed by atoms with Crippen LogP contribution in [-0.2, 0) is 9.63 Å². The van der Waals surface area contributed by atoms with Gasteiger partial charge in [-0.1, -0.05) is 0 Å². The van der Waals surface area contributed by atoms with Crippen LogP contribution < -0.4 is 5.32 Å². The van der Waals surface area contributed by atoms with Crippen molar-refractivity contribution in [2.24, 2.45) is 0 Å². The summed E-state index contributed by atoms with van der Waals surface area (Å²) >= 11 is 0. The van der Waals surface area contributed by atoms with Crippen molar-refractivity contribution in [3.63, 3.8) is 0 Å². The van der Waals surface area contributed by atoms with Crippen LogP contribution in [0.25, 0.3) is 0 Å². The van der Waals surface area contributed by atoms with Crippen molar-refractivity contribution in [2.45, 2.75) is 12.8 Å². The Morgan fingerprint density at radius 1 is 1.55 bits per heavy atom. The third-order valence-corrected chi connectivity index (χ3v) is 0.965. The quantitative estimate of drug-likeness (QED) is 0.239. The Kier molecular flexibility index (Phi) is 5.96. The van der Waals surface area contributed by atoms with Gasteiger partial charge < -0.3 is 10.2 Å². The summed E-state index contributed by atoms with van der Waals surface area (Å²) in [4.78, 5) is 23.2. The molecule has 63 valence electrons. The van der Waals surface area contributed by atoms with Gasteiger partial charge in [-0.05, 0) is 12.8 Å². The van der Waals surface area contributed by atoms with Gasteiger partial charge in [-0.15, -0.1) is 10.1 Å². The lowest BCUT2D eigenvalue weighted by Crippen LogP contribution is -2.13. The number of nitrogens with zero attached hydrogens (tertiary/aromatic N) is 1. The van der Waals surface area contributed by atoms with Crippen molar-refractivity contribution in [1.82, 2.24) is 5.32 Å². The molecule has 0 saturated carbocycles. The van der Waals surface area contributed by atoms with Crippen molar-refractivity contribution in [2.75, 3.05) is 13.2 Å². The van der Waals surface area contributed by atoms with E-state index in [1.807, 2.05) is 0 Å². The van der Waals surface area contributed by atoms with E-state index >= 15 is 0 Å². The average molecular weight is 161 g/mol. The zero-order valence-corrected chi connectivity index (χ0v) is 5.91. The Labute approximate surface area is 63.6 Å². The smallest absolute Gasteiger partial charge is 0.309 e. The van der Waals surface area contributed by atoms with Crippen LogP contribution >= 0.6 is 0 Å². The fourth-order valence-electron chi connectivity index (χ4n) is 0.506. The van der Waals surface area contributed by atoms with E-state index in [4.69, 9.17) is 0 Å². The number of carbonyl (C=O) groups excluding carboxylic acids is 1. The summed E-state index contributed by atoms with van der Waals surface area (Å²) in [6, 6.07) is 0. The zero-order valence-electron chi connectivity index (χ0n) is 5.91. The van der Waals surface area contributed by atoms with Gasteiger partial charge in [0.15, 0.2) is 0 Å². The molecule has 0 heterocycles. The lowest BCUT2D eigenvalue weighted by Gasteiger charge is -1.97. The average Bonchev–Trinajstić information content (AvgIpc) is 1.96. The van der Waals surface area contributed by atoms with Crippen LogP contribution in [0, 0.1) is 10.1 Å². The molecule has 0 spiro atoms. The summed E-state index contributed by atoms with van der Waals surface area (Å²) in [5.74, 6) is 0. The van der Waals surface area contributed by atoms with E-state index in [1.54, 1.807) is 0 Å². The molecule has 6 nitrogen and oxygen atoms in total. The van der Waals surface area contributed by atoms with Crippen LogP contribution in [-0.4, -0.2) is 24.6 Å². The summed E-state index contributed by atoms with van der Waals surface area (Å²) in [6.07, 6.45) is 2.70. The van der Waals surface area contributed by atoms with Crippen LogP contribution in [0.15, 0.2) is 0 Å². The highest BCUT2D eigenvalue weighted by Gasteiger charge is 1.93. The molecule has 1 amide bonds. The van der Waals surface area contributed by atoms with E-state index in [2.05, 4.69) is 10.2 Å². The zero-order chi connectivity index (χ0) is 8.53. The van der Waals surface area contributed by atoms with E-state index in [1.165, 1.54) is 6.41 Å². The van der Waals surface area contributed by atoms with E-state index in [-0.39, 0.29) is 6.61 Å². The summed E-state index contributed by atoms with van der Waals surface area (Å²) in [7, 11) is 0. The number of hydrogen-bond donors (Lipinski definition) is 1. The monoisotopic (exact) mass is 161 g/mol. The first kappa shape index (κ1) is 9.67. The molecule has 11 heavy (non-hydrogen) atoms. The first-order valence-electron chi connectivity index (χ1n) is 3.14. The lowest BCUT2D eigenvalue weighted by atomic mass is 10.3. The first-order valence-corrected chi connectivity index (χ1v) is 3.14. The molecule has 1 radical (unpaired) electrons. The third-order valence-electron chi connectivity index (χ3n) is 0.965. The van der Waals surface area contributed by atoms with Gasteiger partial charge >= 0.3 is 6.41 Å². The molecular formula is C5H9N2O4. The van der Waals surface area contributed by atoms with Crippen molar-refractivity contribution >= 4 is 6.41 Å². The molecule has 0 bridgehead atoms. The van der Waals surface area contributed by atoms with Gasteiger partial charge in [0, 0.05) is 6.54 Å². The lowest BCUT2D eigenvalue weighted by molar-refractivity contribution is -0.757. The van der Waals surface area contributed by atoms with E-state index in [9.17, 15) is 14.9 Å². The number of rotatable bonds is 7. The SMILES string of the molecule is O=[C]NCCCCO[N+](=O)[O-]. The molecule has 0 aromatic carbocycles. The molecule has 6 heteroatoms. The molecule has 0 aliphatic heterocycles. The highest BCUT2D eigenvalue weighted by atomic mass is 16.9. The second kappa shape index (κ2) is 6.79. The highest BCUT2D eigenvalue weighted by molar-refractivity contribution is 5.46. The fraction of sp³-hybridized carbons (Fsp3) is 0.800. The van der Waals surface area contributed by atoms with Crippen LogP contribution in [0.5, 0.6) is 0 Å². The minimum Gasteiger partial charge on any atom is -0.348 e.